The minimum absolute atomic E-state index is 0.369. The predicted octanol–water partition coefficient (Wildman–Crippen LogP) is 4.11. The summed E-state index contributed by atoms with van der Waals surface area (Å²) in [6.45, 7) is 2.42. The van der Waals surface area contributed by atoms with Crippen LogP contribution in [0.5, 0.6) is 5.75 Å². The van der Waals surface area contributed by atoms with Crippen molar-refractivity contribution in [3.8, 4) is 5.75 Å². The first-order valence-electron chi connectivity index (χ1n) is 11.5. The SMILES string of the molecule is CCCOc1ccccc1N1C(=O)C2C3c4ccccc4C(C(=O)O)(c4ccccc43)C2C1=O. The molecule has 1 saturated heterocycles. The van der Waals surface area contributed by atoms with Gasteiger partial charge < -0.3 is 9.84 Å². The summed E-state index contributed by atoms with van der Waals surface area (Å²) in [6, 6.07) is 21.7. The number of benzene rings is 3. The van der Waals surface area contributed by atoms with Crippen LogP contribution < -0.4 is 9.64 Å². The Kier molecular flexibility index (Phi) is 4.43. The standard InChI is InChI=1S/C28H23NO5/c1-2-15-34-21-14-8-7-13-20(21)29-25(30)23-22-16-9-3-5-11-18(16)28(27(32)33,24(23)26(29)31)19-12-6-4-10-17(19)22/h3-14,22-24H,2,15H2,1H3,(H,32,33). The van der Waals surface area contributed by atoms with Gasteiger partial charge in [-0.25, -0.2) is 4.90 Å². The highest BCUT2D eigenvalue weighted by molar-refractivity contribution is 6.25. The lowest BCUT2D eigenvalue weighted by Gasteiger charge is -2.51. The molecule has 2 bridgehead atoms. The van der Waals surface area contributed by atoms with Crippen molar-refractivity contribution >= 4 is 23.5 Å². The lowest BCUT2D eigenvalue weighted by Crippen LogP contribution is -2.57. The molecule has 6 heteroatoms. The lowest BCUT2D eigenvalue weighted by molar-refractivity contribution is -0.149. The molecule has 3 aliphatic carbocycles. The Morgan fingerprint density at radius 1 is 0.912 bits per heavy atom. The van der Waals surface area contributed by atoms with Gasteiger partial charge in [0.25, 0.3) is 0 Å². The molecule has 34 heavy (non-hydrogen) atoms. The molecule has 6 nitrogen and oxygen atoms in total. The van der Waals surface area contributed by atoms with Gasteiger partial charge in [-0.05, 0) is 40.8 Å². The van der Waals surface area contributed by atoms with Gasteiger partial charge in [-0.15, -0.1) is 0 Å². The molecule has 2 atom stereocenters. The maximum Gasteiger partial charge on any atom is 0.319 e. The van der Waals surface area contributed by atoms with Crippen molar-refractivity contribution in [3.05, 3.63) is 95.1 Å². The molecule has 0 spiro atoms. The maximum atomic E-state index is 14.1. The number of nitrogens with zero attached hydrogens (tertiary/aromatic N) is 1. The van der Waals surface area contributed by atoms with E-state index < -0.39 is 29.1 Å². The second-order valence-electron chi connectivity index (χ2n) is 9.10. The van der Waals surface area contributed by atoms with E-state index in [0.717, 1.165) is 17.5 Å². The molecule has 2 amide bonds. The molecule has 4 aliphatic rings. The van der Waals surface area contributed by atoms with E-state index in [0.29, 0.717) is 29.2 Å². The summed E-state index contributed by atoms with van der Waals surface area (Å²) in [5.74, 6) is -3.75. The van der Waals surface area contributed by atoms with Crippen molar-refractivity contribution in [3.63, 3.8) is 0 Å². The Morgan fingerprint density at radius 2 is 1.50 bits per heavy atom. The Hall–Kier alpha value is -3.93. The first kappa shape index (κ1) is 20.7. The maximum absolute atomic E-state index is 14.1. The van der Waals surface area contributed by atoms with Crippen LogP contribution in [0.3, 0.4) is 0 Å². The van der Waals surface area contributed by atoms with E-state index in [1.807, 2.05) is 31.2 Å². The molecule has 1 heterocycles. The quantitative estimate of drug-likeness (QED) is 0.588. The Labute approximate surface area is 196 Å². The van der Waals surface area contributed by atoms with Gasteiger partial charge in [0.1, 0.15) is 11.2 Å². The lowest BCUT2D eigenvalue weighted by atomic mass is 9.47. The molecule has 0 saturated carbocycles. The molecule has 7 rings (SSSR count). The zero-order valence-electron chi connectivity index (χ0n) is 18.6. The van der Waals surface area contributed by atoms with E-state index >= 15 is 0 Å². The molecule has 3 aromatic carbocycles. The third-order valence-corrected chi connectivity index (χ3v) is 7.52. The number of imide groups is 1. The zero-order chi connectivity index (χ0) is 23.6. The first-order chi connectivity index (χ1) is 16.5. The van der Waals surface area contributed by atoms with Crippen molar-refractivity contribution in [1.82, 2.24) is 0 Å². The molecule has 0 aromatic heterocycles. The average Bonchev–Trinajstić information content (AvgIpc) is 3.13. The van der Waals surface area contributed by atoms with Gasteiger partial charge in [0.2, 0.25) is 11.8 Å². The topological polar surface area (TPSA) is 83.9 Å². The summed E-state index contributed by atoms with van der Waals surface area (Å²) in [5, 5.41) is 10.8. The Morgan fingerprint density at radius 3 is 2.12 bits per heavy atom. The molecular weight excluding hydrogens is 430 g/mol. The molecule has 1 N–H and O–H groups in total. The minimum atomic E-state index is -1.63. The third kappa shape index (κ3) is 2.37. The fraction of sp³-hybridized carbons (Fsp3) is 0.250. The van der Waals surface area contributed by atoms with Crippen LogP contribution in [-0.4, -0.2) is 29.5 Å². The van der Waals surface area contributed by atoms with Crippen molar-refractivity contribution in [2.45, 2.75) is 24.7 Å². The van der Waals surface area contributed by atoms with E-state index in [-0.39, 0.29) is 11.8 Å². The number of amides is 2. The van der Waals surface area contributed by atoms with Gasteiger partial charge in [-0.1, -0.05) is 67.6 Å². The molecule has 0 radical (unpaired) electrons. The van der Waals surface area contributed by atoms with E-state index in [4.69, 9.17) is 4.74 Å². The van der Waals surface area contributed by atoms with E-state index in [1.54, 1.807) is 48.5 Å². The van der Waals surface area contributed by atoms with Gasteiger partial charge in [0, 0.05) is 5.92 Å². The van der Waals surface area contributed by atoms with E-state index in [2.05, 4.69) is 0 Å². The number of hydrogen-bond donors (Lipinski definition) is 1. The monoisotopic (exact) mass is 453 g/mol. The molecule has 2 unspecified atom stereocenters. The van der Waals surface area contributed by atoms with Crippen LogP contribution in [0, 0.1) is 11.8 Å². The van der Waals surface area contributed by atoms with Crippen LogP contribution in [0.2, 0.25) is 0 Å². The number of carbonyl (C=O) groups excluding carboxylic acids is 2. The molecule has 1 fully saturated rings. The van der Waals surface area contributed by atoms with Gasteiger partial charge >= 0.3 is 5.97 Å². The number of aliphatic carboxylic acids is 1. The number of rotatable bonds is 5. The number of hydrogen-bond acceptors (Lipinski definition) is 4. The Bertz CT molecular complexity index is 1310. The number of ether oxygens (including phenoxy) is 1. The van der Waals surface area contributed by atoms with Crippen LogP contribution in [0.25, 0.3) is 0 Å². The van der Waals surface area contributed by atoms with Gasteiger partial charge in [-0.2, -0.15) is 0 Å². The van der Waals surface area contributed by atoms with Crippen LogP contribution in [0.4, 0.5) is 5.69 Å². The van der Waals surface area contributed by atoms with Crippen molar-refractivity contribution in [1.29, 1.82) is 0 Å². The highest BCUT2D eigenvalue weighted by atomic mass is 16.5. The summed E-state index contributed by atoms with van der Waals surface area (Å²) < 4.78 is 5.85. The zero-order valence-corrected chi connectivity index (χ0v) is 18.6. The summed E-state index contributed by atoms with van der Waals surface area (Å²) in [7, 11) is 0. The second kappa shape index (κ2) is 7.29. The molecule has 1 aliphatic heterocycles. The van der Waals surface area contributed by atoms with Crippen LogP contribution in [0.1, 0.15) is 41.5 Å². The molecular formula is C28H23NO5. The predicted molar refractivity (Wildman–Crippen MR) is 125 cm³/mol. The van der Waals surface area contributed by atoms with Gasteiger partial charge in [0.05, 0.1) is 24.1 Å². The summed E-state index contributed by atoms with van der Waals surface area (Å²) in [5.41, 5.74) is 1.56. The number of carbonyl (C=O) groups is 3. The molecule has 170 valence electrons. The minimum Gasteiger partial charge on any atom is -0.491 e. The fourth-order valence-corrected chi connectivity index (χ4v) is 6.35. The highest BCUT2D eigenvalue weighted by Gasteiger charge is 2.71. The first-order valence-corrected chi connectivity index (χ1v) is 11.5. The van der Waals surface area contributed by atoms with Crippen molar-refractivity contribution < 1.29 is 24.2 Å². The summed E-state index contributed by atoms with van der Waals surface area (Å²) >= 11 is 0. The van der Waals surface area contributed by atoms with Gasteiger partial charge in [0.15, 0.2) is 0 Å². The molecule has 3 aromatic rings. The van der Waals surface area contributed by atoms with Crippen LogP contribution in [0.15, 0.2) is 72.8 Å². The van der Waals surface area contributed by atoms with Crippen LogP contribution >= 0.6 is 0 Å². The number of anilines is 1. The second-order valence-corrected chi connectivity index (χ2v) is 9.10. The van der Waals surface area contributed by atoms with Gasteiger partial charge in [-0.3, -0.25) is 14.4 Å². The van der Waals surface area contributed by atoms with Crippen molar-refractivity contribution in [2.75, 3.05) is 11.5 Å². The smallest absolute Gasteiger partial charge is 0.319 e. The average molecular weight is 453 g/mol. The fourth-order valence-electron chi connectivity index (χ4n) is 6.35. The largest absolute Gasteiger partial charge is 0.491 e. The van der Waals surface area contributed by atoms with Crippen molar-refractivity contribution in [2.24, 2.45) is 11.8 Å². The summed E-state index contributed by atoms with van der Waals surface area (Å²) in [6.07, 6.45) is 0.774. The van der Waals surface area contributed by atoms with E-state index in [1.165, 1.54) is 4.90 Å². The normalized spacial score (nSPS) is 26.1. The number of carboxylic acids is 1. The Balaban J connectivity index is 1.61. The summed E-state index contributed by atoms with van der Waals surface area (Å²) in [4.78, 5) is 42.5. The number of para-hydroxylation sites is 2. The highest BCUT2D eigenvalue weighted by Crippen LogP contribution is 2.64. The number of carboxylic acid groups (broad SMARTS) is 1. The third-order valence-electron chi connectivity index (χ3n) is 7.52. The van der Waals surface area contributed by atoms with E-state index in [9.17, 15) is 19.5 Å². The van der Waals surface area contributed by atoms with Crippen LogP contribution in [-0.2, 0) is 19.8 Å².